The second-order valence-electron chi connectivity index (χ2n) is 8.02. The summed E-state index contributed by atoms with van der Waals surface area (Å²) in [6, 6.07) is 22.4. The summed E-state index contributed by atoms with van der Waals surface area (Å²) in [4.78, 5) is 29.0. The monoisotopic (exact) mass is 476 g/mol. The van der Waals surface area contributed by atoms with Gasteiger partial charge in [-0.15, -0.1) is 0 Å². The molecule has 0 radical (unpaired) electrons. The molecule has 0 saturated heterocycles. The number of hydrogen-bond donors (Lipinski definition) is 0. The molecule has 0 bridgehead atoms. The maximum absolute atomic E-state index is 15.4. The lowest BCUT2D eigenvalue weighted by atomic mass is 10.0. The van der Waals surface area contributed by atoms with Crippen molar-refractivity contribution in [1.29, 1.82) is 0 Å². The number of halogens is 1. The van der Waals surface area contributed by atoms with Crippen LogP contribution in [0.15, 0.2) is 78.2 Å². The lowest BCUT2D eigenvalue weighted by Crippen LogP contribution is -2.34. The fraction of sp³-hybridized carbons (Fsp3) is 0.185. The number of fused-ring (bicyclic) bond motifs is 1. The van der Waals surface area contributed by atoms with Crippen LogP contribution in [0.3, 0.4) is 0 Å². The van der Waals surface area contributed by atoms with E-state index in [0.717, 1.165) is 16.4 Å². The standard InChI is InChI=1S/C27H26FN2O3P/c1-29(16-15-19-9-4-3-5-10-19)26(32)24(21-12-8-13-22(33-2)25(21)28)27-30(18-31)17-20-11-6-7-14-23(20)34-27/h3-14,18,34H,15-17H2,1-2H3/b27-24+. The summed E-state index contributed by atoms with van der Waals surface area (Å²) in [6.45, 7) is 0.782. The van der Waals surface area contributed by atoms with E-state index in [1.54, 1.807) is 24.1 Å². The number of rotatable bonds is 7. The SMILES string of the molecule is COc1cccc(/C(C(=O)N(C)CCc2ccccc2)=C2\Pc3ccccc3CN2C=O)c1F. The van der Waals surface area contributed by atoms with Gasteiger partial charge in [-0.05, 0) is 37.5 Å². The summed E-state index contributed by atoms with van der Waals surface area (Å²) in [5.74, 6) is -0.906. The van der Waals surface area contributed by atoms with Crippen LogP contribution in [0.5, 0.6) is 5.75 Å². The maximum atomic E-state index is 15.4. The number of nitrogens with zero attached hydrogens (tertiary/aromatic N) is 2. The largest absolute Gasteiger partial charge is 0.494 e. The van der Waals surface area contributed by atoms with Crippen LogP contribution in [0, 0.1) is 5.82 Å². The number of methoxy groups -OCH3 is 1. The van der Waals surface area contributed by atoms with Gasteiger partial charge in [0.1, 0.15) is 0 Å². The van der Waals surface area contributed by atoms with Crippen LogP contribution in [-0.4, -0.2) is 42.8 Å². The number of benzene rings is 3. The van der Waals surface area contributed by atoms with E-state index in [1.807, 2.05) is 54.6 Å². The molecule has 1 aliphatic heterocycles. The van der Waals surface area contributed by atoms with Gasteiger partial charge in [0, 0.05) is 19.2 Å². The number of likely N-dealkylation sites (N-methyl/N-ethyl adjacent to an activating group) is 1. The first-order valence-electron chi connectivity index (χ1n) is 11.0. The Morgan fingerprint density at radius 2 is 1.82 bits per heavy atom. The van der Waals surface area contributed by atoms with Crippen molar-refractivity contribution in [3.63, 3.8) is 0 Å². The molecular weight excluding hydrogens is 450 g/mol. The first kappa shape index (κ1) is 23.7. The van der Waals surface area contributed by atoms with E-state index in [-0.39, 0.29) is 31.4 Å². The average Bonchev–Trinajstić information content (AvgIpc) is 2.88. The molecule has 1 heterocycles. The zero-order valence-corrected chi connectivity index (χ0v) is 20.1. The third kappa shape index (κ3) is 4.87. The molecule has 0 N–H and O–H groups in total. The lowest BCUT2D eigenvalue weighted by molar-refractivity contribution is -0.123. The van der Waals surface area contributed by atoms with Crippen molar-refractivity contribution in [3.8, 4) is 5.75 Å². The van der Waals surface area contributed by atoms with Crippen LogP contribution in [0.2, 0.25) is 0 Å². The summed E-state index contributed by atoms with van der Waals surface area (Å²) >= 11 is 0. The molecule has 34 heavy (non-hydrogen) atoms. The molecule has 1 unspecified atom stereocenters. The zero-order valence-electron chi connectivity index (χ0n) is 19.1. The van der Waals surface area contributed by atoms with Gasteiger partial charge in [-0.25, -0.2) is 4.39 Å². The Kier molecular flexibility index (Phi) is 7.39. The smallest absolute Gasteiger partial charge is 0.256 e. The molecule has 0 saturated carbocycles. The van der Waals surface area contributed by atoms with Gasteiger partial charge in [-0.2, -0.15) is 0 Å². The molecular formula is C27H26FN2O3P. The molecule has 5 nitrogen and oxygen atoms in total. The predicted octanol–water partition coefficient (Wildman–Crippen LogP) is 4.18. The number of carbonyl (C=O) groups is 2. The Morgan fingerprint density at radius 3 is 2.56 bits per heavy atom. The predicted molar refractivity (Wildman–Crippen MR) is 134 cm³/mol. The van der Waals surface area contributed by atoms with Gasteiger partial charge in [-0.1, -0.05) is 66.7 Å². The molecule has 3 aromatic carbocycles. The molecule has 0 aromatic heterocycles. The Balaban J connectivity index is 1.79. The van der Waals surface area contributed by atoms with Crippen LogP contribution in [0.4, 0.5) is 4.39 Å². The molecule has 3 aromatic rings. The number of carbonyl (C=O) groups excluding carboxylic acids is 2. The van der Waals surface area contributed by atoms with Gasteiger partial charge in [0.15, 0.2) is 11.6 Å². The van der Waals surface area contributed by atoms with E-state index < -0.39 is 5.82 Å². The van der Waals surface area contributed by atoms with E-state index in [1.165, 1.54) is 18.1 Å². The number of amides is 2. The van der Waals surface area contributed by atoms with Crippen LogP contribution in [0.25, 0.3) is 5.57 Å². The molecule has 7 heteroatoms. The summed E-state index contributed by atoms with van der Waals surface area (Å²) < 4.78 is 20.6. The maximum Gasteiger partial charge on any atom is 0.256 e. The van der Waals surface area contributed by atoms with E-state index in [4.69, 9.17) is 4.74 Å². The Bertz CT molecular complexity index is 1230. The normalized spacial score (nSPS) is 15.0. The van der Waals surface area contributed by atoms with Gasteiger partial charge in [-0.3, -0.25) is 9.59 Å². The van der Waals surface area contributed by atoms with E-state index in [9.17, 15) is 9.59 Å². The van der Waals surface area contributed by atoms with Crippen LogP contribution < -0.4 is 10.0 Å². The highest BCUT2D eigenvalue weighted by molar-refractivity contribution is 7.52. The van der Waals surface area contributed by atoms with Crippen molar-refractivity contribution >= 4 is 31.8 Å². The Hall–Kier alpha value is -3.50. The molecule has 0 aliphatic carbocycles. The van der Waals surface area contributed by atoms with Crippen molar-refractivity contribution in [3.05, 3.63) is 101 Å². The minimum atomic E-state index is -0.619. The minimum Gasteiger partial charge on any atom is -0.494 e. The van der Waals surface area contributed by atoms with Gasteiger partial charge >= 0.3 is 0 Å². The topological polar surface area (TPSA) is 49.9 Å². The summed E-state index contributed by atoms with van der Waals surface area (Å²) in [7, 11) is 3.12. The van der Waals surface area contributed by atoms with Crippen molar-refractivity contribution in [2.75, 3.05) is 20.7 Å². The summed E-state index contributed by atoms with van der Waals surface area (Å²) in [6.07, 6.45) is 1.38. The molecule has 4 rings (SSSR count). The Labute approximate surface area is 200 Å². The Morgan fingerprint density at radius 1 is 1.09 bits per heavy atom. The second kappa shape index (κ2) is 10.6. The second-order valence-corrected chi connectivity index (χ2v) is 9.29. The quantitative estimate of drug-likeness (QED) is 0.292. The third-order valence-electron chi connectivity index (χ3n) is 5.85. The number of hydrogen-bond acceptors (Lipinski definition) is 3. The van der Waals surface area contributed by atoms with Gasteiger partial charge < -0.3 is 14.5 Å². The summed E-state index contributed by atoms with van der Waals surface area (Å²) in [5, 5.41) is 1.04. The van der Waals surface area contributed by atoms with Crippen molar-refractivity contribution in [2.24, 2.45) is 0 Å². The highest BCUT2D eigenvalue weighted by atomic mass is 31.1. The lowest BCUT2D eigenvalue weighted by Gasteiger charge is -2.31. The minimum absolute atomic E-state index is 0.0304. The van der Waals surface area contributed by atoms with Gasteiger partial charge in [0.05, 0.1) is 24.7 Å². The van der Waals surface area contributed by atoms with E-state index in [0.29, 0.717) is 31.4 Å². The van der Waals surface area contributed by atoms with Crippen molar-refractivity contribution in [2.45, 2.75) is 13.0 Å². The highest BCUT2D eigenvalue weighted by Crippen LogP contribution is 2.41. The third-order valence-corrected chi connectivity index (χ3v) is 7.39. The van der Waals surface area contributed by atoms with Gasteiger partial charge in [0.25, 0.3) is 5.91 Å². The molecule has 0 spiro atoms. The highest BCUT2D eigenvalue weighted by Gasteiger charge is 2.30. The van der Waals surface area contributed by atoms with E-state index >= 15 is 4.39 Å². The molecule has 2 amide bonds. The fourth-order valence-corrected chi connectivity index (χ4v) is 5.38. The zero-order chi connectivity index (χ0) is 24.1. The molecule has 1 aliphatic rings. The summed E-state index contributed by atoms with van der Waals surface area (Å²) in [5.41, 5.74) is 2.95. The molecule has 174 valence electrons. The van der Waals surface area contributed by atoms with E-state index in [2.05, 4.69) is 0 Å². The first-order valence-corrected chi connectivity index (χ1v) is 12.0. The number of ether oxygens (including phenoxy) is 1. The van der Waals surface area contributed by atoms with Crippen LogP contribution in [-0.2, 0) is 22.6 Å². The molecule has 0 fully saturated rings. The fourth-order valence-electron chi connectivity index (χ4n) is 3.98. The van der Waals surface area contributed by atoms with Crippen molar-refractivity contribution < 1.29 is 18.7 Å². The van der Waals surface area contributed by atoms with Crippen LogP contribution in [0.1, 0.15) is 16.7 Å². The first-order chi connectivity index (χ1) is 16.5. The van der Waals surface area contributed by atoms with Crippen LogP contribution >= 0.6 is 8.58 Å². The van der Waals surface area contributed by atoms with Gasteiger partial charge in [0.2, 0.25) is 6.41 Å². The average molecular weight is 476 g/mol. The molecule has 1 atom stereocenters. The van der Waals surface area contributed by atoms with Crippen molar-refractivity contribution in [1.82, 2.24) is 9.80 Å².